The molecular weight excluding hydrogens is 226 g/mol. The van der Waals surface area contributed by atoms with Gasteiger partial charge in [0.05, 0.1) is 25.5 Å². The number of nitrogens with one attached hydrogen (secondary N) is 1. The first-order valence-corrected chi connectivity index (χ1v) is 6.62. The summed E-state index contributed by atoms with van der Waals surface area (Å²) in [6.07, 6.45) is 5.17. The maximum Gasteiger partial charge on any atom is 0.122 e. The fourth-order valence-corrected chi connectivity index (χ4v) is 2.75. The van der Waals surface area contributed by atoms with Crippen molar-refractivity contribution in [3.05, 3.63) is 41.2 Å². The first-order chi connectivity index (χ1) is 8.88. The monoisotopic (exact) mass is 245 g/mol. The Morgan fingerprint density at radius 1 is 1.22 bits per heavy atom. The quantitative estimate of drug-likeness (QED) is 0.888. The summed E-state index contributed by atoms with van der Waals surface area (Å²) >= 11 is 0. The molecule has 0 radical (unpaired) electrons. The number of ether oxygens (including phenoxy) is 2. The number of fused-ring (bicyclic) bond motifs is 1. The molecule has 1 unspecified atom stereocenters. The van der Waals surface area contributed by atoms with Gasteiger partial charge in [-0.05, 0) is 42.7 Å². The molecule has 96 valence electrons. The summed E-state index contributed by atoms with van der Waals surface area (Å²) < 4.78 is 11.0. The van der Waals surface area contributed by atoms with Gasteiger partial charge in [0.15, 0.2) is 0 Å². The van der Waals surface area contributed by atoms with Crippen LogP contribution in [0.5, 0.6) is 5.75 Å². The number of likely N-dealkylation sites (N-methyl/N-ethyl adjacent to an activating group) is 1. The highest BCUT2D eigenvalue weighted by Crippen LogP contribution is 2.32. The second-order valence-electron chi connectivity index (χ2n) is 4.85. The molecule has 3 heteroatoms. The highest BCUT2D eigenvalue weighted by atomic mass is 16.5. The van der Waals surface area contributed by atoms with Crippen LogP contribution in [0, 0.1) is 0 Å². The molecule has 2 heterocycles. The van der Waals surface area contributed by atoms with Crippen LogP contribution in [0.25, 0.3) is 0 Å². The Bertz CT molecular complexity index is 468. The summed E-state index contributed by atoms with van der Waals surface area (Å²) in [6.45, 7) is 1.66. The standard InChI is InChI=1S/C15H19NO2/c1-16-15(13-3-2-7-17-10-13)12-4-5-14-11(9-12)6-8-18-14/h4-5,9-10,15-16H,2-3,6-8H2,1H3. The number of rotatable bonds is 3. The Kier molecular flexibility index (Phi) is 3.24. The average Bonchev–Trinajstić information content (AvgIpc) is 2.88. The maximum atomic E-state index is 5.55. The second kappa shape index (κ2) is 5.02. The molecule has 0 amide bonds. The molecular formula is C15H19NO2. The van der Waals surface area contributed by atoms with E-state index < -0.39 is 0 Å². The summed E-state index contributed by atoms with van der Waals surface area (Å²) in [7, 11) is 2.00. The average molecular weight is 245 g/mol. The van der Waals surface area contributed by atoms with Gasteiger partial charge in [-0.1, -0.05) is 12.1 Å². The third-order valence-corrected chi connectivity index (χ3v) is 3.67. The number of hydrogen-bond acceptors (Lipinski definition) is 3. The zero-order chi connectivity index (χ0) is 12.4. The van der Waals surface area contributed by atoms with Crippen LogP contribution >= 0.6 is 0 Å². The lowest BCUT2D eigenvalue weighted by Gasteiger charge is -2.23. The van der Waals surface area contributed by atoms with Gasteiger partial charge in [0, 0.05) is 6.42 Å². The Labute approximate surface area is 108 Å². The molecule has 0 saturated carbocycles. The van der Waals surface area contributed by atoms with Crippen molar-refractivity contribution in [2.24, 2.45) is 0 Å². The Hall–Kier alpha value is -1.48. The van der Waals surface area contributed by atoms with Gasteiger partial charge < -0.3 is 14.8 Å². The second-order valence-corrected chi connectivity index (χ2v) is 4.85. The smallest absolute Gasteiger partial charge is 0.122 e. The maximum absolute atomic E-state index is 5.55. The van der Waals surface area contributed by atoms with E-state index in [2.05, 4.69) is 23.5 Å². The van der Waals surface area contributed by atoms with Crippen molar-refractivity contribution in [2.45, 2.75) is 25.3 Å². The van der Waals surface area contributed by atoms with E-state index in [1.807, 2.05) is 13.3 Å². The van der Waals surface area contributed by atoms with Crippen molar-refractivity contribution in [1.29, 1.82) is 0 Å². The minimum atomic E-state index is 0.260. The van der Waals surface area contributed by atoms with Gasteiger partial charge in [-0.3, -0.25) is 0 Å². The molecule has 1 N–H and O–H groups in total. The van der Waals surface area contributed by atoms with Crippen LogP contribution in [-0.2, 0) is 11.2 Å². The normalized spacial score (nSPS) is 19.5. The molecule has 18 heavy (non-hydrogen) atoms. The van der Waals surface area contributed by atoms with Crippen LogP contribution in [0.2, 0.25) is 0 Å². The largest absolute Gasteiger partial charge is 0.501 e. The van der Waals surface area contributed by atoms with Crippen molar-refractivity contribution in [3.8, 4) is 5.75 Å². The van der Waals surface area contributed by atoms with Gasteiger partial charge in [0.2, 0.25) is 0 Å². The molecule has 3 rings (SSSR count). The van der Waals surface area contributed by atoms with Gasteiger partial charge in [-0.25, -0.2) is 0 Å². The van der Waals surface area contributed by atoms with Gasteiger partial charge in [-0.2, -0.15) is 0 Å². The van der Waals surface area contributed by atoms with Crippen LogP contribution in [0.4, 0.5) is 0 Å². The zero-order valence-corrected chi connectivity index (χ0v) is 10.7. The van der Waals surface area contributed by atoms with Gasteiger partial charge in [0.1, 0.15) is 5.75 Å². The van der Waals surface area contributed by atoms with Crippen LogP contribution in [0.15, 0.2) is 30.0 Å². The van der Waals surface area contributed by atoms with Crippen molar-refractivity contribution >= 4 is 0 Å². The number of hydrogen-bond donors (Lipinski definition) is 1. The van der Waals surface area contributed by atoms with E-state index in [1.165, 1.54) is 16.7 Å². The lowest BCUT2D eigenvalue weighted by Crippen LogP contribution is -2.20. The molecule has 1 aromatic carbocycles. The van der Waals surface area contributed by atoms with Gasteiger partial charge >= 0.3 is 0 Å². The molecule has 0 fully saturated rings. The summed E-state index contributed by atoms with van der Waals surface area (Å²) in [5.41, 5.74) is 3.96. The minimum Gasteiger partial charge on any atom is -0.501 e. The van der Waals surface area contributed by atoms with Gasteiger partial charge in [-0.15, -0.1) is 0 Å². The summed E-state index contributed by atoms with van der Waals surface area (Å²) in [5, 5.41) is 3.39. The molecule has 2 aliphatic heterocycles. The van der Waals surface area contributed by atoms with Crippen molar-refractivity contribution < 1.29 is 9.47 Å². The van der Waals surface area contributed by atoms with E-state index in [0.717, 1.165) is 38.2 Å². The van der Waals surface area contributed by atoms with Crippen LogP contribution in [-0.4, -0.2) is 20.3 Å². The highest BCUT2D eigenvalue weighted by Gasteiger charge is 2.20. The highest BCUT2D eigenvalue weighted by molar-refractivity contribution is 5.42. The molecule has 0 spiro atoms. The topological polar surface area (TPSA) is 30.5 Å². The molecule has 0 saturated heterocycles. The molecule has 0 aliphatic carbocycles. The predicted octanol–water partition coefficient (Wildman–Crippen LogP) is 2.58. The Morgan fingerprint density at radius 2 is 2.17 bits per heavy atom. The molecule has 0 aromatic heterocycles. The summed E-state index contributed by atoms with van der Waals surface area (Å²) in [5.74, 6) is 1.04. The summed E-state index contributed by atoms with van der Waals surface area (Å²) in [4.78, 5) is 0. The third-order valence-electron chi connectivity index (χ3n) is 3.67. The van der Waals surface area contributed by atoms with Crippen LogP contribution < -0.4 is 10.1 Å². The predicted molar refractivity (Wildman–Crippen MR) is 70.7 cm³/mol. The van der Waals surface area contributed by atoms with Crippen molar-refractivity contribution in [3.63, 3.8) is 0 Å². The summed E-state index contributed by atoms with van der Waals surface area (Å²) in [6, 6.07) is 6.77. The lowest BCUT2D eigenvalue weighted by atomic mass is 9.94. The Balaban J connectivity index is 1.89. The van der Waals surface area contributed by atoms with E-state index in [-0.39, 0.29) is 6.04 Å². The van der Waals surface area contributed by atoms with Crippen LogP contribution in [0.1, 0.15) is 30.0 Å². The SMILES string of the molecule is CNC(C1=COCCC1)c1ccc2c(c1)CCO2. The minimum absolute atomic E-state index is 0.260. The van der Waals surface area contributed by atoms with E-state index in [0.29, 0.717) is 0 Å². The Morgan fingerprint density at radius 3 is 2.94 bits per heavy atom. The molecule has 1 atom stereocenters. The number of benzene rings is 1. The first-order valence-electron chi connectivity index (χ1n) is 6.62. The molecule has 0 bridgehead atoms. The van der Waals surface area contributed by atoms with Crippen molar-refractivity contribution in [1.82, 2.24) is 5.32 Å². The first kappa shape index (κ1) is 11.6. The molecule has 3 nitrogen and oxygen atoms in total. The van der Waals surface area contributed by atoms with E-state index in [9.17, 15) is 0 Å². The van der Waals surface area contributed by atoms with Crippen molar-refractivity contribution in [2.75, 3.05) is 20.3 Å². The van der Waals surface area contributed by atoms with Gasteiger partial charge in [0.25, 0.3) is 0 Å². The molecule has 1 aromatic rings. The lowest BCUT2D eigenvalue weighted by molar-refractivity contribution is 0.220. The van der Waals surface area contributed by atoms with Crippen LogP contribution in [0.3, 0.4) is 0 Å². The van der Waals surface area contributed by atoms with E-state index in [1.54, 1.807) is 0 Å². The zero-order valence-electron chi connectivity index (χ0n) is 10.7. The third kappa shape index (κ3) is 2.10. The fraction of sp³-hybridized carbons (Fsp3) is 0.467. The fourth-order valence-electron chi connectivity index (χ4n) is 2.75. The molecule has 2 aliphatic rings. The van der Waals surface area contributed by atoms with E-state index in [4.69, 9.17) is 9.47 Å². The van der Waals surface area contributed by atoms with E-state index >= 15 is 0 Å².